The SMILES string of the molecule is Cc1nn(C)c2nc(-c3cccs3)cc(C(=O)Nc3c(C)n(C)n(-c4ccccc4)c3=O)c12. The third kappa shape index (κ3) is 3.37. The first-order chi connectivity index (χ1) is 15.9. The lowest BCUT2D eigenvalue weighted by molar-refractivity contribution is 0.102. The molecule has 0 aliphatic rings. The third-order valence-corrected chi connectivity index (χ3v) is 6.67. The lowest BCUT2D eigenvalue weighted by atomic mass is 10.1. The smallest absolute Gasteiger partial charge is 0.295 e. The molecule has 0 saturated heterocycles. The Kier molecular flexibility index (Phi) is 4.98. The molecule has 5 rings (SSSR count). The minimum absolute atomic E-state index is 0.246. The van der Waals surface area contributed by atoms with Crippen molar-refractivity contribution in [2.45, 2.75) is 13.8 Å². The molecule has 4 aromatic heterocycles. The van der Waals surface area contributed by atoms with E-state index < -0.39 is 0 Å². The molecule has 0 unspecified atom stereocenters. The quantitative estimate of drug-likeness (QED) is 0.440. The van der Waals surface area contributed by atoms with Crippen molar-refractivity contribution in [2.75, 3.05) is 5.32 Å². The number of thiophene rings is 1. The highest BCUT2D eigenvalue weighted by molar-refractivity contribution is 7.13. The Hall–Kier alpha value is -3.98. The van der Waals surface area contributed by atoms with Crippen molar-refractivity contribution in [3.63, 3.8) is 0 Å². The average Bonchev–Trinajstić information content (AvgIpc) is 3.50. The van der Waals surface area contributed by atoms with Gasteiger partial charge in [-0.3, -0.25) is 19.0 Å². The van der Waals surface area contributed by atoms with Crippen molar-refractivity contribution in [2.24, 2.45) is 14.1 Å². The summed E-state index contributed by atoms with van der Waals surface area (Å²) < 4.78 is 4.95. The van der Waals surface area contributed by atoms with Crippen LogP contribution in [0.5, 0.6) is 0 Å². The van der Waals surface area contributed by atoms with Gasteiger partial charge in [0.15, 0.2) is 5.65 Å². The summed E-state index contributed by atoms with van der Waals surface area (Å²) in [7, 11) is 3.60. The van der Waals surface area contributed by atoms with E-state index in [1.54, 1.807) is 38.5 Å². The zero-order valence-electron chi connectivity index (χ0n) is 18.7. The first-order valence-corrected chi connectivity index (χ1v) is 11.3. The van der Waals surface area contributed by atoms with Crippen molar-refractivity contribution in [3.05, 3.63) is 81.2 Å². The topological polar surface area (TPSA) is 86.7 Å². The number of aryl methyl sites for hydroxylation is 2. The zero-order chi connectivity index (χ0) is 23.3. The fourth-order valence-electron chi connectivity index (χ4n) is 4.07. The fourth-order valence-corrected chi connectivity index (χ4v) is 4.75. The molecule has 1 amide bonds. The van der Waals surface area contributed by atoms with Crippen LogP contribution in [0.1, 0.15) is 21.7 Å². The van der Waals surface area contributed by atoms with Gasteiger partial charge in [0.25, 0.3) is 11.5 Å². The molecule has 0 bridgehead atoms. The van der Waals surface area contributed by atoms with Gasteiger partial charge in [-0.05, 0) is 43.5 Å². The van der Waals surface area contributed by atoms with Gasteiger partial charge < -0.3 is 5.32 Å². The molecular weight excluding hydrogens is 436 g/mol. The summed E-state index contributed by atoms with van der Waals surface area (Å²) in [6, 6.07) is 15.0. The van der Waals surface area contributed by atoms with Gasteiger partial charge >= 0.3 is 0 Å². The van der Waals surface area contributed by atoms with Crippen LogP contribution in [0, 0.1) is 13.8 Å². The molecular formula is C24H22N6O2S. The number of hydrogen-bond acceptors (Lipinski definition) is 5. The van der Waals surface area contributed by atoms with Crippen LogP contribution < -0.4 is 10.9 Å². The van der Waals surface area contributed by atoms with Gasteiger partial charge in [-0.25, -0.2) is 9.67 Å². The summed E-state index contributed by atoms with van der Waals surface area (Å²) >= 11 is 1.55. The largest absolute Gasteiger partial charge is 0.316 e. The molecule has 5 aromatic rings. The maximum absolute atomic E-state index is 13.5. The Labute approximate surface area is 193 Å². The van der Waals surface area contributed by atoms with Crippen LogP contribution in [0.3, 0.4) is 0 Å². The molecule has 166 valence electrons. The molecule has 4 heterocycles. The number of rotatable bonds is 4. The van der Waals surface area contributed by atoms with Gasteiger partial charge in [-0.2, -0.15) is 5.10 Å². The average molecular weight is 459 g/mol. The number of nitrogens with zero attached hydrogens (tertiary/aromatic N) is 5. The number of benzene rings is 1. The van der Waals surface area contributed by atoms with Crippen LogP contribution in [-0.2, 0) is 14.1 Å². The molecule has 0 atom stereocenters. The van der Waals surface area contributed by atoms with Crippen LogP contribution in [0.2, 0.25) is 0 Å². The fraction of sp³-hybridized carbons (Fsp3) is 0.167. The zero-order valence-corrected chi connectivity index (χ0v) is 19.5. The van der Waals surface area contributed by atoms with E-state index in [0.717, 1.165) is 10.6 Å². The van der Waals surface area contributed by atoms with Crippen LogP contribution in [-0.4, -0.2) is 30.0 Å². The Balaban J connectivity index is 1.63. The first kappa shape index (κ1) is 20.9. The van der Waals surface area contributed by atoms with Gasteiger partial charge in [-0.15, -0.1) is 11.3 Å². The highest BCUT2D eigenvalue weighted by Crippen LogP contribution is 2.30. The van der Waals surface area contributed by atoms with E-state index in [0.29, 0.717) is 33.7 Å². The summed E-state index contributed by atoms with van der Waals surface area (Å²) in [4.78, 5) is 32.5. The van der Waals surface area contributed by atoms with E-state index in [1.807, 2.05) is 68.7 Å². The second kappa shape index (κ2) is 7.86. The second-order valence-corrected chi connectivity index (χ2v) is 8.78. The van der Waals surface area contributed by atoms with Crippen molar-refractivity contribution < 1.29 is 4.79 Å². The van der Waals surface area contributed by atoms with Crippen molar-refractivity contribution in [1.29, 1.82) is 0 Å². The molecule has 33 heavy (non-hydrogen) atoms. The van der Waals surface area contributed by atoms with Gasteiger partial charge in [0.05, 0.1) is 38.6 Å². The molecule has 0 fully saturated rings. The number of anilines is 1. The van der Waals surface area contributed by atoms with Crippen LogP contribution in [0.4, 0.5) is 5.69 Å². The van der Waals surface area contributed by atoms with Gasteiger partial charge in [-0.1, -0.05) is 24.3 Å². The number of para-hydroxylation sites is 1. The minimum Gasteiger partial charge on any atom is -0.316 e. The highest BCUT2D eigenvalue weighted by Gasteiger charge is 2.23. The van der Waals surface area contributed by atoms with E-state index in [2.05, 4.69) is 10.4 Å². The van der Waals surface area contributed by atoms with Crippen molar-refractivity contribution >= 4 is 34.0 Å². The second-order valence-electron chi connectivity index (χ2n) is 7.83. The van der Waals surface area contributed by atoms with E-state index in [-0.39, 0.29) is 17.2 Å². The number of aromatic nitrogens is 5. The normalized spacial score (nSPS) is 11.3. The van der Waals surface area contributed by atoms with E-state index >= 15 is 0 Å². The Bertz CT molecular complexity index is 1560. The molecule has 0 spiro atoms. The first-order valence-electron chi connectivity index (χ1n) is 10.4. The maximum atomic E-state index is 13.5. The number of carbonyl (C=O) groups excluding carboxylic acids is 1. The Morgan fingerprint density at radius 1 is 1.06 bits per heavy atom. The molecule has 0 aliphatic carbocycles. The summed E-state index contributed by atoms with van der Waals surface area (Å²) in [6.45, 7) is 3.66. The molecule has 0 saturated carbocycles. The predicted molar refractivity (Wildman–Crippen MR) is 130 cm³/mol. The Morgan fingerprint density at radius 3 is 2.52 bits per heavy atom. The van der Waals surface area contributed by atoms with E-state index in [1.165, 1.54) is 0 Å². The van der Waals surface area contributed by atoms with Crippen LogP contribution in [0.25, 0.3) is 27.3 Å². The van der Waals surface area contributed by atoms with Gasteiger partial charge in [0.1, 0.15) is 5.69 Å². The molecule has 0 aliphatic heterocycles. The monoisotopic (exact) mass is 458 g/mol. The van der Waals surface area contributed by atoms with Crippen LogP contribution in [0.15, 0.2) is 58.7 Å². The van der Waals surface area contributed by atoms with Gasteiger partial charge in [0, 0.05) is 14.1 Å². The van der Waals surface area contributed by atoms with E-state index in [9.17, 15) is 9.59 Å². The Morgan fingerprint density at radius 2 is 1.82 bits per heavy atom. The molecule has 1 aromatic carbocycles. The summed E-state index contributed by atoms with van der Waals surface area (Å²) in [5.41, 5.74) is 3.79. The number of pyridine rings is 1. The standard InChI is InChI=1S/C24H22N6O2S/c1-14-20-17(13-18(19-11-8-12-33-19)25-22(20)28(3)27-14)23(31)26-21-15(2)29(4)30(24(21)32)16-9-6-5-7-10-16/h5-13H,1-4H3,(H,26,31). The summed E-state index contributed by atoms with van der Waals surface area (Å²) in [5, 5.41) is 9.98. The summed E-state index contributed by atoms with van der Waals surface area (Å²) in [5.74, 6) is -0.373. The number of hydrogen-bond donors (Lipinski definition) is 1. The summed E-state index contributed by atoms with van der Waals surface area (Å²) in [6.07, 6.45) is 0. The lowest BCUT2D eigenvalue weighted by Gasteiger charge is -2.08. The van der Waals surface area contributed by atoms with Gasteiger partial charge in [0.2, 0.25) is 0 Å². The molecule has 1 N–H and O–H groups in total. The number of amides is 1. The third-order valence-electron chi connectivity index (χ3n) is 5.78. The predicted octanol–water partition coefficient (Wildman–Crippen LogP) is 4.06. The van der Waals surface area contributed by atoms with E-state index in [4.69, 9.17) is 4.98 Å². The molecule has 0 radical (unpaired) electrons. The molecule has 8 nitrogen and oxygen atoms in total. The van der Waals surface area contributed by atoms with Crippen molar-refractivity contribution in [1.82, 2.24) is 24.1 Å². The maximum Gasteiger partial charge on any atom is 0.295 e. The number of fused-ring (bicyclic) bond motifs is 1. The minimum atomic E-state index is -0.373. The lowest BCUT2D eigenvalue weighted by Crippen LogP contribution is -2.23. The highest BCUT2D eigenvalue weighted by atomic mass is 32.1. The van der Waals surface area contributed by atoms with Crippen LogP contribution >= 0.6 is 11.3 Å². The molecule has 9 heteroatoms. The number of nitrogens with one attached hydrogen (secondary N) is 1. The number of carbonyl (C=O) groups is 1. The van der Waals surface area contributed by atoms with Crippen molar-refractivity contribution in [3.8, 4) is 16.3 Å².